The van der Waals surface area contributed by atoms with Gasteiger partial charge < -0.3 is 15.2 Å². The number of benzene rings is 1. The molecule has 26 heavy (non-hydrogen) atoms. The number of carbonyl (C=O) groups excluding carboxylic acids is 2. The zero-order valence-electron chi connectivity index (χ0n) is 14.1. The number of fused-ring (bicyclic) bond motifs is 3. The minimum Gasteiger partial charge on any atom is -0.322 e. The minimum atomic E-state index is -0.609. The van der Waals surface area contributed by atoms with Gasteiger partial charge in [-0.2, -0.15) is 0 Å². The van der Waals surface area contributed by atoms with Gasteiger partial charge in [-0.05, 0) is 31.0 Å². The number of nitrogens with one attached hydrogen (secondary N) is 2. The lowest BCUT2D eigenvalue weighted by Gasteiger charge is -2.34. The molecule has 2 aliphatic heterocycles. The molecule has 1 aromatic carbocycles. The Balaban J connectivity index is 1.43. The minimum absolute atomic E-state index is 0.0457. The highest BCUT2D eigenvalue weighted by atomic mass is 35.5. The van der Waals surface area contributed by atoms with Crippen molar-refractivity contribution in [3.8, 4) is 0 Å². The fourth-order valence-corrected chi connectivity index (χ4v) is 4.23. The third-order valence-corrected chi connectivity index (χ3v) is 5.54. The van der Waals surface area contributed by atoms with Crippen LogP contribution in [-0.2, 0) is 9.59 Å². The number of carbonyl (C=O) groups is 2. The molecule has 4 rings (SSSR count). The zero-order chi connectivity index (χ0) is 18.3. The van der Waals surface area contributed by atoms with Crippen molar-refractivity contribution < 1.29 is 14.0 Å². The quantitative estimate of drug-likeness (QED) is 0.848. The summed E-state index contributed by atoms with van der Waals surface area (Å²) in [6.07, 6.45) is 7.77. The van der Waals surface area contributed by atoms with Crippen molar-refractivity contribution in [3.63, 3.8) is 0 Å². The molecule has 3 aliphatic rings. The standard InChI is InChI=1S/C18H20ClFN4O2/c19-11-5-6-15(13(20)9-11)21-16(25)10-23-7-8-24-17(18(23)26)12-3-1-2-4-14(12)22-24/h5-9,12,14,17,22H,1-4,10H2,(H,21,25). The van der Waals surface area contributed by atoms with E-state index in [9.17, 15) is 14.0 Å². The Bertz CT molecular complexity index is 772. The van der Waals surface area contributed by atoms with Gasteiger partial charge in [0.25, 0.3) is 5.91 Å². The number of amides is 2. The SMILES string of the molecule is O=C(CN1C=CN2NC3CCCCC3C2C1=O)Nc1ccc(Cl)cc1F. The number of hydrogen-bond donors (Lipinski definition) is 2. The molecule has 1 saturated heterocycles. The summed E-state index contributed by atoms with van der Waals surface area (Å²) in [4.78, 5) is 26.6. The van der Waals surface area contributed by atoms with Gasteiger partial charge in [0, 0.05) is 29.4 Å². The second kappa shape index (κ2) is 6.89. The lowest BCUT2D eigenvalue weighted by atomic mass is 9.81. The van der Waals surface area contributed by atoms with Crippen LogP contribution in [0, 0.1) is 11.7 Å². The summed E-state index contributed by atoms with van der Waals surface area (Å²) >= 11 is 5.71. The normalized spacial score (nSPS) is 27.3. The van der Waals surface area contributed by atoms with Crippen molar-refractivity contribution in [2.45, 2.75) is 37.8 Å². The molecular formula is C18H20ClFN4O2. The van der Waals surface area contributed by atoms with Crippen LogP contribution in [0.25, 0.3) is 0 Å². The van der Waals surface area contributed by atoms with E-state index in [1.54, 1.807) is 12.4 Å². The van der Waals surface area contributed by atoms with Gasteiger partial charge in [0.15, 0.2) is 0 Å². The molecule has 6 nitrogen and oxygen atoms in total. The van der Waals surface area contributed by atoms with E-state index in [4.69, 9.17) is 11.6 Å². The second-order valence-corrected chi connectivity index (χ2v) is 7.41. The van der Waals surface area contributed by atoms with Crippen LogP contribution in [0.15, 0.2) is 30.6 Å². The Morgan fingerprint density at radius 1 is 1.31 bits per heavy atom. The first kappa shape index (κ1) is 17.3. The van der Waals surface area contributed by atoms with Crippen molar-refractivity contribution in [1.82, 2.24) is 15.3 Å². The number of anilines is 1. The fourth-order valence-electron chi connectivity index (χ4n) is 4.08. The highest BCUT2D eigenvalue weighted by molar-refractivity contribution is 6.30. The molecule has 2 N–H and O–H groups in total. The lowest BCUT2D eigenvalue weighted by Crippen LogP contribution is -2.51. The zero-order valence-corrected chi connectivity index (χ0v) is 14.9. The smallest absolute Gasteiger partial charge is 0.251 e. The predicted octanol–water partition coefficient (Wildman–Crippen LogP) is 2.48. The van der Waals surface area contributed by atoms with Gasteiger partial charge >= 0.3 is 0 Å². The van der Waals surface area contributed by atoms with E-state index >= 15 is 0 Å². The predicted molar refractivity (Wildman–Crippen MR) is 95.4 cm³/mol. The van der Waals surface area contributed by atoms with Gasteiger partial charge in [0.1, 0.15) is 18.4 Å². The van der Waals surface area contributed by atoms with Crippen LogP contribution in [0.1, 0.15) is 25.7 Å². The van der Waals surface area contributed by atoms with Crippen molar-refractivity contribution in [1.29, 1.82) is 0 Å². The van der Waals surface area contributed by atoms with E-state index < -0.39 is 11.7 Å². The molecule has 0 aromatic heterocycles. The molecule has 1 aromatic rings. The van der Waals surface area contributed by atoms with Gasteiger partial charge in [0.05, 0.1) is 5.69 Å². The lowest BCUT2D eigenvalue weighted by molar-refractivity contribution is -0.138. The van der Waals surface area contributed by atoms with Crippen LogP contribution in [-0.4, -0.2) is 40.4 Å². The molecule has 138 valence electrons. The van der Waals surface area contributed by atoms with Crippen molar-refractivity contribution in [2.75, 3.05) is 11.9 Å². The Morgan fingerprint density at radius 3 is 2.92 bits per heavy atom. The fraction of sp³-hybridized carbons (Fsp3) is 0.444. The van der Waals surface area contributed by atoms with E-state index in [0.717, 1.165) is 25.3 Å². The van der Waals surface area contributed by atoms with E-state index in [2.05, 4.69) is 10.7 Å². The highest BCUT2D eigenvalue weighted by Gasteiger charge is 2.48. The van der Waals surface area contributed by atoms with E-state index in [1.807, 2.05) is 5.01 Å². The van der Waals surface area contributed by atoms with Crippen LogP contribution in [0.4, 0.5) is 10.1 Å². The second-order valence-electron chi connectivity index (χ2n) is 6.97. The number of hydrazine groups is 1. The molecule has 3 atom stereocenters. The number of nitrogens with zero attached hydrogens (tertiary/aromatic N) is 2. The highest BCUT2D eigenvalue weighted by Crippen LogP contribution is 2.36. The monoisotopic (exact) mass is 378 g/mol. The van der Waals surface area contributed by atoms with Crippen molar-refractivity contribution >= 4 is 29.1 Å². The summed E-state index contributed by atoms with van der Waals surface area (Å²) < 4.78 is 13.8. The Morgan fingerprint density at radius 2 is 2.12 bits per heavy atom. The topological polar surface area (TPSA) is 64.7 Å². The summed E-state index contributed by atoms with van der Waals surface area (Å²) in [6.45, 7) is -0.154. The average Bonchev–Trinajstić information content (AvgIpc) is 2.99. The van der Waals surface area contributed by atoms with Crippen LogP contribution in [0.3, 0.4) is 0 Å². The van der Waals surface area contributed by atoms with Gasteiger partial charge in [0.2, 0.25) is 5.91 Å². The molecule has 2 amide bonds. The van der Waals surface area contributed by atoms with E-state index in [0.29, 0.717) is 6.04 Å². The molecule has 2 fully saturated rings. The summed E-state index contributed by atoms with van der Waals surface area (Å²) in [5, 5.41) is 4.62. The maximum Gasteiger partial charge on any atom is 0.251 e. The van der Waals surface area contributed by atoms with E-state index in [1.165, 1.54) is 23.5 Å². The molecule has 2 heterocycles. The number of hydrogen-bond acceptors (Lipinski definition) is 4. The summed E-state index contributed by atoms with van der Waals surface area (Å²) in [7, 11) is 0. The molecule has 3 unspecified atom stereocenters. The van der Waals surface area contributed by atoms with Gasteiger partial charge in [-0.25, -0.2) is 9.82 Å². The first-order valence-electron chi connectivity index (χ1n) is 8.81. The third-order valence-electron chi connectivity index (χ3n) is 5.30. The van der Waals surface area contributed by atoms with Crippen LogP contribution >= 0.6 is 11.6 Å². The first-order chi connectivity index (χ1) is 12.5. The van der Waals surface area contributed by atoms with Crippen LogP contribution in [0.2, 0.25) is 5.02 Å². The van der Waals surface area contributed by atoms with Crippen LogP contribution in [0.5, 0.6) is 0 Å². The van der Waals surface area contributed by atoms with Gasteiger partial charge in [-0.3, -0.25) is 9.59 Å². The number of rotatable bonds is 3. The maximum atomic E-state index is 13.8. The van der Waals surface area contributed by atoms with Crippen molar-refractivity contribution in [2.24, 2.45) is 5.92 Å². The molecule has 0 radical (unpaired) electrons. The molecule has 1 saturated carbocycles. The third kappa shape index (κ3) is 3.17. The summed E-state index contributed by atoms with van der Waals surface area (Å²) in [5.74, 6) is -0.895. The number of halogens is 2. The van der Waals surface area contributed by atoms with Crippen molar-refractivity contribution in [3.05, 3.63) is 41.4 Å². The first-order valence-corrected chi connectivity index (χ1v) is 9.19. The molecule has 0 bridgehead atoms. The average molecular weight is 379 g/mol. The maximum absolute atomic E-state index is 13.8. The molecule has 0 spiro atoms. The van der Waals surface area contributed by atoms with E-state index in [-0.39, 0.29) is 35.1 Å². The molecular weight excluding hydrogens is 359 g/mol. The van der Waals surface area contributed by atoms with Gasteiger partial charge in [-0.15, -0.1) is 0 Å². The van der Waals surface area contributed by atoms with Gasteiger partial charge in [-0.1, -0.05) is 24.4 Å². The largest absolute Gasteiger partial charge is 0.322 e. The molecule has 8 heteroatoms. The Kier molecular flexibility index (Phi) is 4.58. The molecule has 1 aliphatic carbocycles. The summed E-state index contributed by atoms with van der Waals surface area (Å²) in [6, 6.07) is 4.08. The Labute approximate surface area is 155 Å². The summed E-state index contributed by atoms with van der Waals surface area (Å²) in [5.41, 5.74) is 3.43. The Hall–Kier alpha value is -2.12. The van der Waals surface area contributed by atoms with Crippen LogP contribution < -0.4 is 10.7 Å².